The molecule has 0 atom stereocenters. The number of hydrogen-bond acceptors (Lipinski definition) is 2. The lowest BCUT2D eigenvalue weighted by Crippen LogP contribution is -2.01. The Kier molecular flexibility index (Phi) is 3.35. The standard InChI is InChI=1S/C15H15N3/c1-4-9-18-14-6-5-12(11(2)3)10-13(14)17-15(18)7-8-16/h1,5-6,10-11H,7,9H2,2-3H3. The summed E-state index contributed by atoms with van der Waals surface area (Å²) in [6.45, 7) is 4.75. The molecule has 2 rings (SSSR count). The first-order valence-electron chi connectivity index (χ1n) is 5.97. The van der Waals surface area contributed by atoms with Crippen LogP contribution < -0.4 is 0 Å². The SMILES string of the molecule is C#CCn1c(CC#N)nc2cc(C(C)C)ccc21. The van der Waals surface area contributed by atoms with E-state index in [1.807, 2.05) is 10.6 Å². The van der Waals surface area contributed by atoms with E-state index in [4.69, 9.17) is 11.7 Å². The Bertz CT molecular complexity index is 651. The monoisotopic (exact) mass is 237 g/mol. The Labute approximate surface area is 107 Å². The average molecular weight is 237 g/mol. The van der Waals surface area contributed by atoms with Crippen molar-refractivity contribution in [1.29, 1.82) is 5.26 Å². The van der Waals surface area contributed by atoms with Crippen LogP contribution in [0.4, 0.5) is 0 Å². The van der Waals surface area contributed by atoms with Crippen molar-refractivity contribution in [3.05, 3.63) is 29.6 Å². The van der Waals surface area contributed by atoms with Gasteiger partial charge in [-0.3, -0.25) is 0 Å². The number of aromatic nitrogens is 2. The Hall–Kier alpha value is -2.26. The topological polar surface area (TPSA) is 41.6 Å². The van der Waals surface area contributed by atoms with Crippen molar-refractivity contribution in [1.82, 2.24) is 9.55 Å². The minimum absolute atomic E-state index is 0.285. The summed E-state index contributed by atoms with van der Waals surface area (Å²) in [4.78, 5) is 4.51. The van der Waals surface area contributed by atoms with Crippen LogP contribution in [-0.2, 0) is 13.0 Å². The van der Waals surface area contributed by atoms with Crippen LogP contribution in [0.25, 0.3) is 11.0 Å². The largest absolute Gasteiger partial charge is 0.315 e. The third-order valence-corrected chi connectivity index (χ3v) is 3.00. The van der Waals surface area contributed by atoms with Gasteiger partial charge in [0.25, 0.3) is 0 Å². The molecule has 0 radical (unpaired) electrons. The smallest absolute Gasteiger partial charge is 0.124 e. The molecule has 0 N–H and O–H groups in total. The third-order valence-electron chi connectivity index (χ3n) is 3.00. The Balaban J connectivity index is 2.61. The summed E-state index contributed by atoms with van der Waals surface area (Å²) < 4.78 is 1.93. The van der Waals surface area contributed by atoms with Crippen LogP contribution in [0.1, 0.15) is 31.2 Å². The lowest BCUT2D eigenvalue weighted by atomic mass is 10.0. The Morgan fingerprint density at radius 2 is 2.22 bits per heavy atom. The zero-order valence-corrected chi connectivity index (χ0v) is 10.6. The van der Waals surface area contributed by atoms with E-state index in [1.165, 1.54) is 5.56 Å². The third kappa shape index (κ3) is 2.08. The number of benzene rings is 1. The number of terminal acetylenes is 1. The molecule has 0 saturated carbocycles. The van der Waals surface area contributed by atoms with Crippen molar-refractivity contribution >= 4 is 11.0 Å². The molecule has 1 aromatic carbocycles. The van der Waals surface area contributed by atoms with Crippen molar-refractivity contribution in [2.75, 3.05) is 0 Å². The summed E-state index contributed by atoms with van der Waals surface area (Å²) in [5, 5.41) is 8.83. The van der Waals surface area contributed by atoms with Gasteiger partial charge in [-0.1, -0.05) is 25.8 Å². The summed E-state index contributed by atoms with van der Waals surface area (Å²) in [6, 6.07) is 8.34. The highest BCUT2D eigenvalue weighted by molar-refractivity contribution is 5.77. The Morgan fingerprint density at radius 1 is 1.44 bits per heavy atom. The molecule has 1 heterocycles. The summed E-state index contributed by atoms with van der Waals surface area (Å²) in [7, 11) is 0. The molecule has 3 heteroatoms. The minimum atomic E-state index is 0.285. The number of imidazole rings is 1. The lowest BCUT2D eigenvalue weighted by Gasteiger charge is -2.05. The van der Waals surface area contributed by atoms with Crippen molar-refractivity contribution in [3.63, 3.8) is 0 Å². The second kappa shape index (κ2) is 4.94. The molecule has 3 nitrogen and oxygen atoms in total. The number of hydrogen-bond donors (Lipinski definition) is 0. The molecule has 0 fully saturated rings. The van der Waals surface area contributed by atoms with Crippen molar-refractivity contribution in [2.24, 2.45) is 0 Å². The number of fused-ring (bicyclic) bond motifs is 1. The van der Waals surface area contributed by atoms with Crippen molar-refractivity contribution in [3.8, 4) is 18.4 Å². The van der Waals surface area contributed by atoms with Crippen LogP contribution in [0.2, 0.25) is 0 Å². The molecule has 0 aliphatic carbocycles. The van der Waals surface area contributed by atoms with Gasteiger partial charge in [0.15, 0.2) is 0 Å². The molecule has 0 unspecified atom stereocenters. The van der Waals surface area contributed by atoms with E-state index in [0.29, 0.717) is 12.5 Å². The normalized spacial score (nSPS) is 10.5. The van der Waals surface area contributed by atoms with Crippen LogP contribution >= 0.6 is 0 Å². The maximum Gasteiger partial charge on any atom is 0.124 e. The highest BCUT2D eigenvalue weighted by Gasteiger charge is 2.11. The Morgan fingerprint density at radius 3 is 2.83 bits per heavy atom. The molecule has 0 saturated heterocycles. The second-order valence-electron chi connectivity index (χ2n) is 4.56. The molecular weight excluding hydrogens is 222 g/mol. The van der Waals surface area contributed by atoms with E-state index < -0.39 is 0 Å². The number of nitrogens with zero attached hydrogens (tertiary/aromatic N) is 3. The average Bonchev–Trinajstić information content (AvgIpc) is 2.68. The molecule has 2 aromatic rings. The molecule has 0 aliphatic heterocycles. The first-order chi connectivity index (χ1) is 8.67. The van der Waals surface area contributed by atoms with Gasteiger partial charge in [0, 0.05) is 0 Å². The van der Waals surface area contributed by atoms with Gasteiger partial charge in [-0.2, -0.15) is 5.26 Å². The molecule has 0 aliphatic rings. The van der Waals surface area contributed by atoms with E-state index >= 15 is 0 Å². The number of nitriles is 1. The van der Waals surface area contributed by atoms with Gasteiger partial charge in [0.05, 0.1) is 30.1 Å². The molecule has 0 bridgehead atoms. The van der Waals surface area contributed by atoms with E-state index in [-0.39, 0.29) is 6.42 Å². The maximum atomic E-state index is 8.83. The zero-order chi connectivity index (χ0) is 13.1. The predicted molar refractivity (Wildman–Crippen MR) is 72.0 cm³/mol. The summed E-state index contributed by atoms with van der Waals surface area (Å²) in [5.74, 6) is 3.82. The first kappa shape index (κ1) is 12.2. The van der Waals surface area contributed by atoms with Gasteiger partial charge in [-0.05, 0) is 23.6 Å². The van der Waals surface area contributed by atoms with Gasteiger partial charge in [0.1, 0.15) is 5.82 Å². The highest BCUT2D eigenvalue weighted by atomic mass is 15.1. The van der Waals surface area contributed by atoms with Crippen LogP contribution in [-0.4, -0.2) is 9.55 Å². The number of rotatable bonds is 3. The zero-order valence-electron chi connectivity index (χ0n) is 10.6. The van der Waals surface area contributed by atoms with Gasteiger partial charge >= 0.3 is 0 Å². The van der Waals surface area contributed by atoms with Gasteiger partial charge < -0.3 is 4.57 Å². The summed E-state index contributed by atoms with van der Waals surface area (Å²) in [6.07, 6.45) is 5.66. The van der Waals surface area contributed by atoms with Gasteiger partial charge in [0.2, 0.25) is 0 Å². The molecule has 90 valence electrons. The maximum absolute atomic E-state index is 8.83. The second-order valence-corrected chi connectivity index (χ2v) is 4.56. The molecule has 18 heavy (non-hydrogen) atoms. The fourth-order valence-electron chi connectivity index (χ4n) is 2.03. The van der Waals surface area contributed by atoms with Crippen molar-refractivity contribution < 1.29 is 0 Å². The quantitative estimate of drug-likeness (QED) is 0.770. The predicted octanol–water partition coefficient (Wildman–Crippen LogP) is 2.86. The van der Waals surface area contributed by atoms with E-state index in [1.54, 1.807) is 0 Å². The van der Waals surface area contributed by atoms with Crippen LogP contribution in [0.15, 0.2) is 18.2 Å². The fraction of sp³-hybridized carbons (Fsp3) is 0.333. The van der Waals surface area contributed by atoms with Crippen molar-refractivity contribution in [2.45, 2.75) is 32.7 Å². The fourth-order valence-corrected chi connectivity index (χ4v) is 2.03. The van der Waals surface area contributed by atoms with Crippen LogP contribution in [0.3, 0.4) is 0 Å². The summed E-state index contributed by atoms with van der Waals surface area (Å²) in [5.41, 5.74) is 3.17. The van der Waals surface area contributed by atoms with Gasteiger partial charge in [-0.25, -0.2) is 4.98 Å². The molecule has 0 spiro atoms. The summed E-state index contributed by atoms with van der Waals surface area (Å²) >= 11 is 0. The first-order valence-corrected chi connectivity index (χ1v) is 5.97. The lowest BCUT2D eigenvalue weighted by molar-refractivity contribution is 0.803. The van der Waals surface area contributed by atoms with E-state index in [0.717, 1.165) is 16.9 Å². The van der Waals surface area contributed by atoms with Crippen LogP contribution in [0.5, 0.6) is 0 Å². The van der Waals surface area contributed by atoms with E-state index in [2.05, 4.69) is 43.0 Å². The molecule has 0 amide bonds. The molecular formula is C15H15N3. The van der Waals surface area contributed by atoms with Gasteiger partial charge in [-0.15, -0.1) is 6.42 Å². The highest BCUT2D eigenvalue weighted by Crippen LogP contribution is 2.22. The van der Waals surface area contributed by atoms with E-state index in [9.17, 15) is 0 Å². The minimum Gasteiger partial charge on any atom is -0.315 e. The molecule has 1 aromatic heterocycles. The van der Waals surface area contributed by atoms with Crippen LogP contribution in [0, 0.1) is 23.7 Å².